The van der Waals surface area contributed by atoms with E-state index >= 15 is 0 Å². The van der Waals surface area contributed by atoms with Crippen LogP contribution in [0.25, 0.3) is 11.3 Å². The predicted molar refractivity (Wildman–Crippen MR) is 82.9 cm³/mol. The minimum Gasteiger partial charge on any atom is -0.348 e. The van der Waals surface area contributed by atoms with Gasteiger partial charge >= 0.3 is 0 Å². The molecule has 0 aliphatic heterocycles. The molecule has 3 heterocycles. The Balaban J connectivity index is 1.78. The van der Waals surface area contributed by atoms with Gasteiger partial charge in [0.05, 0.1) is 11.3 Å². The van der Waals surface area contributed by atoms with Crippen molar-refractivity contribution in [2.45, 2.75) is 6.54 Å². The third kappa shape index (κ3) is 3.15. The topological polar surface area (TPSA) is 67.8 Å². The Labute approximate surface area is 128 Å². The highest BCUT2D eigenvalue weighted by Crippen LogP contribution is 2.20. The Morgan fingerprint density at radius 3 is 2.55 bits per heavy atom. The van der Waals surface area contributed by atoms with Crippen LogP contribution in [0.4, 0.5) is 0 Å². The van der Waals surface area contributed by atoms with Gasteiger partial charge in [0, 0.05) is 43.1 Å². The molecule has 22 heavy (non-hydrogen) atoms. The molecule has 0 saturated carbocycles. The summed E-state index contributed by atoms with van der Waals surface area (Å²) in [5.74, 6) is -0.155. The Morgan fingerprint density at radius 2 is 1.77 bits per heavy atom. The fourth-order valence-electron chi connectivity index (χ4n) is 2.13. The fraction of sp³-hybridized carbons (Fsp3) is 0.0588. The van der Waals surface area contributed by atoms with Gasteiger partial charge in [-0.2, -0.15) is 0 Å². The van der Waals surface area contributed by atoms with Crippen molar-refractivity contribution >= 4 is 5.91 Å². The number of carbonyl (C=O) groups excluding carboxylic acids is 1. The average molecular weight is 290 g/mol. The smallest absolute Gasteiger partial charge is 0.253 e. The zero-order chi connectivity index (χ0) is 15.2. The van der Waals surface area contributed by atoms with E-state index in [1.807, 2.05) is 24.3 Å². The molecule has 3 rings (SSSR count). The van der Waals surface area contributed by atoms with Crippen LogP contribution in [0.15, 0.2) is 67.4 Å². The van der Waals surface area contributed by atoms with Gasteiger partial charge in [0.15, 0.2) is 0 Å². The van der Waals surface area contributed by atoms with Crippen LogP contribution >= 0.6 is 0 Å². The Morgan fingerprint density at radius 1 is 0.955 bits per heavy atom. The lowest BCUT2D eigenvalue weighted by Crippen LogP contribution is -2.23. The molecule has 1 amide bonds. The van der Waals surface area contributed by atoms with Crippen molar-refractivity contribution in [2.24, 2.45) is 0 Å². The first-order valence-electron chi connectivity index (χ1n) is 6.87. The number of nitrogens with one attached hydrogen (secondary N) is 1. The lowest BCUT2D eigenvalue weighted by molar-refractivity contribution is 0.0950. The number of hydrogen-bond donors (Lipinski definition) is 1. The van der Waals surface area contributed by atoms with Gasteiger partial charge in [-0.15, -0.1) is 0 Å². The summed E-state index contributed by atoms with van der Waals surface area (Å²) in [4.78, 5) is 24.4. The second-order valence-electron chi connectivity index (χ2n) is 4.67. The number of rotatable bonds is 4. The van der Waals surface area contributed by atoms with Gasteiger partial charge in [-0.05, 0) is 35.9 Å². The quantitative estimate of drug-likeness (QED) is 0.801. The van der Waals surface area contributed by atoms with Crippen LogP contribution in [-0.4, -0.2) is 20.9 Å². The zero-order valence-corrected chi connectivity index (χ0v) is 11.8. The Bertz CT molecular complexity index is 760. The van der Waals surface area contributed by atoms with Crippen LogP contribution in [0.2, 0.25) is 0 Å². The van der Waals surface area contributed by atoms with Gasteiger partial charge in [0.2, 0.25) is 0 Å². The first-order valence-corrected chi connectivity index (χ1v) is 6.87. The van der Waals surface area contributed by atoms with Crippen molar-refractivity contribution in [3.8, 4) is 11.3 Å². The molecule has 0 radical (unpaired) electrons. The number of nitrogens with zero attached hydrogens (tertiary/aromatic N) is 3. The van der Waals surface area contributed by atoms with Gasteiger partial charge in [0.1, 0.15) is 0 Å². The van der Waals surface area contributed by atoms with Crippen molar-refractivity contribution in [1.29, 1.82) is 0 Å². The highest BCUT2D eigenvalue weighted by atomic mass is 16.1. The van der Waals surface area contributed by atoms with E-state index in [-0.39, 0.29) is 5.91 Å². The van der Waals surface area contributed by atoms with E-state index in [9.17, 15) is 4.79 Å². The molecule has 0 unspecified atom stereocenters. The monoisotopic (exact) mass is 290 g/mol. The zero-order valence-electron chi connectivity index (χ0n) is 11.8. The van der Waals surface area contributed by atoms with Gasteiger partial charge in [0.25, 0.3) is 5.91 Å². The number of pyridine rings is 3. The number of aromatic nitrogens is 3. The first kappa shape index (κ1) is 13.9. The molecule has 0 atom stereocenters. The summed E-state index contributed by atoms with van der Waals surface area (Å²) in [5, 5.41) is 2.89. The lowest BCUT2D eigenvalue weighted by atomic mass is 10.1. The van der Waals surface area contributed by atoms with Crippen molar-refractivity contribution in [2.75, 3.05) is 0 Å². The second kappa shape index (κ2) is 6.58. The summed E-state index contributed by atoms with van der Waals surface area (Å²) in [6.07, 6.45) is 8.37. The summed E-state index contributed by atoms with van der Waals surface area (Å²) < 4.78 is 0. The molecule has 5 nitrogen and oxygen atoms in total. The minimum atomic E-state index is -0.155. The fourth-order valence-corrected chi connectivity index (χ4v) is 2.13. The van der Waals surface area contributed by atoms with E-state index in [1.54, 1.807) is 43.1 Å². The highest BCUT2D eigenvalue weighted by Gasteiger charge is 2.09. The SMILES string of the molecule is O=C(NCc1cccnc1-c1ccncc1)c1cccnc1. The maximum absolute atomic E-state index is 12.1. The van der Waals surface area contributed by atoms with Crippen molar-refractivity contribution < 1.29 is 4.79 Å². The summed E-state index contributed by atoms with van der Waals surface area (Å²) in [5.41, 5.74) is 3.31. The molecule has 1 N–H and O–H groups in total. The van der Waals surface area contributed by atoms with E-state index in [0.29, 0.717) is 12.1 Å². The minimum absolute atomic E-state index is 0.155. The number of amides is 1. The van der Waals surface area contributed by atoms with Gasteiger partial charge in [-0.1, -0.05) is 6.07 Å². The van der Waals surface area contributed by atoms with Gasteiger partial charge < -0.3 is 5.32 Å². The summed E-state index contributed by atoms with van der Waals surface area (Å²) in [7, 11) is 0. The highest BCUT2D eigenvalue weighted by molar-refractivity contribution is 5.93. The lowest BCUT2D eigenvalue weighted by Gasteiger charge is -2.09. The maximum Gasteiger partial charge on any atom is 0.253 e. The molecule has 3 aromatic heterocycles. The Hall–Kier alpha value is -3.08. The molecule has 0 fully saturated rings. The third-order valence-electron chi connectivity index (χ3n) is 3.21. The normalized spacial score (nSPS) is 10.2. The van der Waals surface area contributed by atoms with Crippen LogP contribution in [-0.2, 0) is 6.54 Å². The summed E-state index contributed by atoms with van der Waals surface area (Å²) >= 11 is 0. The summed E-state index contributed by atoms with van der Waals surface area (Å²) in [6, 6.07) is 11.1. The van der Waals surface area contributed by atoms with Crippen LogP contribution in [0.5, 0.6) is 0 Å². The molecule has 0 saturated heterocycles. The summed E-state index contributed by atoms with van der Waals surface area (Å²) in [6.45, 7) is 0.402. The number of hydrogen-bond acceptors (Lipinski definition) is 4. The van der Waals surface area contributed by atoms with Crippen molar-refractivity contribution in [1.82, 2.24) is 20.3 Å². The molecule has 5 heteroatoms. The third-order valence-corrected chi connectivity index (χ3v) is 3.21. The first-order chi connectivity index (χ1) is 10.8. The standard InChI is InChI=1S/C17H14N4O/c22-17(15-4-1-7-19-11-15)21-12-14-3-2-8-20-16(14)13-5-9-18-10-6-13/h1-11H,12H2,(H,21,22). The van der Waals surface area contributed by atoms with Gasteiger partial charge in [-0.3, -0.25) is 19.7 Å². The molecule has 0 bridgehead atoms. The van der Waals surface area contributed by atoms with Crippen LogP contribution < -0.4 is 5.32 Å². The van der Waals surface area contributed by atoms with E-state index in [4.69, 9.17) is 0 Å². The Kier molecular flexibility index (Phi) is 4.15. The van der Waals surface area contributed by atoms with E-state index < -0.39 is 0 Å². The molecule has 0 spiro atoms. The maximum atomic E-state index is 12.1. The molecule has 0 aliphatic rings. The average Bonchev–Trinajstić information content (AvgIpc) is 2.61. The van der Waals surface area contributed by atoms with E-state index in [1.165, 1.54) is 0 Å². The van der Waals surface area contributed by atoms with Crippen molar-refractivity contribution in [3.63, 3.8) is 0 Å². The molecule has 108 valence electrons. The molecular formula is C17H14N4O. The van der Waals surface area contributed by atoms with Crippen LogP contribution in [0.3, 0.4) is 0 Å². The van der Waals surface area contributed by atoms with Crippen LogP contribution in [0.1, 0.15) is 15.9 Å². The largest absolute Gasteiger partial charge is 0.348 e. The predicted octanol–water partition coefficient (Wildman–Crippen LogP) is 2.47. The van der Waals surface area contributed by atoms with Crippen molar-refractivity contribution in [3.05, 3.63) is 78.5 Å². The van der Waals surface area contributed by atoms with Crippen LogP contribution in [0, 0.1) is 0 Å². The van der Waals surface area contributed by atoms with E-state index in [0.717, 1.165) is 16.8 Å². The molecular weight excluding hydrogens is 276 g/mol. The molecule has 3 aromatic rings. The van der Waals surface area contributed by atoms with E-state index in [2.05, 4.69) is 20.3 Å². The second-order valence-corrected chi connectivity index (χ2v) is 4.67. The molecule has 0 aliphatic carbocycles. The molecule has 0 aromatic carbocycles. The van der Waals surface area contributed by atoms with Gasteiger partial charge in [-0.25, -0.2) is 0 Å². The number of carbonyl (C=O) groups is 1.